The Kier molecular flexibility index (Phi) is 4.05. The highest BCUT2D eigenvalue weighted by Crippen LogP contribution is 2.51. The first-order valence-corrected chi connectivity index (χ1v) is 7.88. The highest BCUT2D eigenvalue weighted by molar-refractivity contribution is 5.83. The number of amides is 2. The molecule has 5 nitrogen and oxygen atoms in total. The molecule has 1 saturated carbocycles. The van der Waals surface area contributed by atoms with Crippen molar-refractivity contribution >= 4 is 12.0 Å². The van der Waals surface area contributed by atoms with E-state index in [-0.39, 0.29) is 30.1 Å². The summed E-state index contributed by atoms with van der Waals surface area (Å²) in [5.74, 6) is -0.225. The lowest BCUT2D eigenvalue weighted by atomic mass is 9.95. The highest BCUT2D eigenvalue weighted by Gasteiger charge is 2.51. The molecular weight excluding hydrogens is 280 g/mol. The van der Waals surface area contributed by atoms with Crippen LogP contribution in [-0.4, -0.2) is 29.5 Å². The molecule has 1 aromatic rings. The average molecular weight is 302 g/mol. The first-order valence-electron chi connectivity index (χ1n) is 7.88. The number of hydrogen-bond donors (Lipinski definition) is 1. The molecule has 118 valence electrons. The fourth-order valence-corrected chi connectivity index (χ4v) is 3.24. The van der Waals surface area contributed by atoms with Crippen LogP contribution in [0.15, 0.2) is 30.3 Å². The summed E-state index contributed by atoms with van der Waals surface area (Å²) < 4.78 is 5.41. The monoisotopic (exact) mass is 302 g/mol. The lowest BCUT2D eigenvalue weighted by molar-refractivity contribution is -0.123. The standard InChI is InChI=1S/C17H22N2O3/c18-15(20)17(8-9-17)11-14-7-4-10-19(14)16(21)22-12-13-5-2-1-3-6-13/h1-3,5-6,14H,4,7-12H2,(H2,18,20). The van der Waals surface area contributed by atoms with Gasteiger partial charge in [0.05, 0.1) is 5.41 Å². The number of ether oxygens (including phenoxy) is 1. The van der Waals surface area contributed by atoms with Crippen molar-refractivity contribution in [2.75, 3.05) is 6.54 Å². The second kappa shape index (κ2) is 5.99. The summed E-state index contributed by atoms with van der Waals surface area (Å²) in [6.07, 6.45) is 3.99. The number of likely N-dealkylation sites (tertiary alicyclic amines) is 1. The molecule has 22 heavy (non-hydrogen) atoms. The minimum absolute atomic E-state index is 0.0817. The van der Waals surface area contributed by atoms with Crippen molar-refractivity contribution in [3.63, 3.8) is 0 Å². The number of hydrogen-bond acceptors (Lipinski definition) is 3. The van der Waals surface area contributed by atoms with Gasteiger partial charge in [-0.05, 0) is 37.7 Å². The fourth-order valence-electron chi connectivity index (χ4n) is 3.24. The summed E-state index contributed by atoms with van der Waals surface area (Å²) >= 11 is 0. The molecule has 0 spiro atoms. The fraction of sp³-hybridized carbons (Fsp3) is 0.529. The van der Waals surface area contributed by atoms with Crippen molar-refractivity contribution in [2.24, 2.45) is 11.1 Å². The molecule has 1 atom stereocenters. The van der Waals surface area contributed by atoms with Gasteiger partial charge in [-0.15, -0.1) is 0 Å². The van der Waals surface area contributed by atoms with Gasteiger partial charge in [0.2, 0.25) is 5.91 Å². The average Bonchev–Trinajstić information content (AvgIpc) is 3.16. The molecule has 1 unspecified atom stereocenters. The molecule has 5 heteroatoms. The Balaban J connectivity index is 1.56. The van der Waals surface area contributed by atoms with Crippen molar-refractivity contribution in [1.82, 2.24) is 4.90 Å². The largest absolute Gasteiger partial charge is 0.445 e. The van der Waals surface area contributed by atoms with Crippen molar-refractivity contribution < 1.29 is 14.3 Å². The summed E-state index contributed by atoms with van der Waals surface area (Å²) in [7, 11) is 0. The maximum Gasteiger partial charge on any atom is 0.410 e. The Morgan fingerprint density at radius 3 is 2.64 bits per heavy atom. The molecule has 1 heterocycles. The van der Waals surface area contributed by atoms with Crippen LogP contribution in [0.4, 0.5) is 4.79 Å². The zero-order valence-electron chi connectivity index (χ0n) is 12.7. The summed E-state index contributed by atoms with van der Waals surface area (Å²) in [5, 5.41) is 0. The van der Waals surface area contributed by atoms with Gasteiger partial charge in [0.15, 0.2) is 0 Å². The van der Waals surface area contributed by atoms with E-state index < -0.39 is 0 Å². The normalized spacial score (nSPS) is 22.4. The first kappa shape index (κ1) is 14.9. The van der Waals surface area contributed by atoms with Gasteiger partial charge in [-0.3, -0.25) is 4.79 Å². The third-order valence-electron chi connectivity index (χ3n) is 4.82. The van der Waals surface area contributed by atoms with Crippen LogP contribution in [0.5, 0.6) is 0 Å². The molecule has 0 radical (unpaired) electrons. The molecule has 3 rings (SSSR count). The van der Waals surface area contributed by atoms with E-state index >= 15 is 0 Å². The predicted octanol–water partition coefficient (Wildman–Crippen LogP) is 2.44. The number of nitrogens with zero attached hydrogens (tertiary/aromatic N) is 1. The van der Waals surface area contributed by atoms with Gasteiger partial charge in [0, 0.05) is 12.6 Å². The zero-order chi connectivity index (χ0) is 15.6. The SMILES string of the molecule is NC(=O)C1(CC2CCCN2C(=O)OCc2ccccc2)CC1. The van der Waals surface area contributed by atoms with E-state index in [1.807, 2.05) is 30.3 Å². The topological polar surface area (TPSA) is 72.6 Å². The van der Waals surface area contributed by atoms with E-state index in [4.69, 9.17) is 10.5 Å². The molecule has 0 bridgehead atoms. The smallest absolute Gasteiger partial charge is 0.410 e. The molecule has 1 saturated heterocycles. The summed E-state index contributed by atoms with van der Waals surface area (Å²) in [6.45, 7) is 0.983. The zero-order valence-corrected chi connectivity index (χ0v) is 12.7. The minimum Gasteiger partial charge on any atom is -0.445 e. The summed E-state index contributed by atoms with van der Waals surface area (Å²) in [5.41, 5.74) is 6.10. The van der Waals surface area contributed by atoms with Crippen LogP contribution in [0, 0.1) is 5.41 Å². The van der Waals surface area contributed by atoms with E-state index in [1.54, 1.807) is 4.90 Å². The van der Waals surface area contributed by atoms with Gasteiger partial charge in [0.25, 0.3) is 0 Å². The maximum atomic E-state index is 12.3. The molecule has 2 N–H and O–H groups in total. The van der Waals surface area contributed by atoms with E-state index in [9.17, 15) is 9.59 Å². The predicted molar refractivity (Wildman–Crippen MR) is 81.8 cm³/mol. The molecule has 2 fully saturated rings. The Bertz CT molecular complexity index is 554. The van der Waals surface area contributed by atoms with E-state index in [0.29, 0.717) is 13.0 Å². The lowest BCUT2D eigenvalue weighted by Gasteiger charge is -2.26. The van der Waals surface area contributed by atoms with E-state index in [2.05, 4.69) is 0 Å². The van der Waals surface area contributed by atoms with Crippen molar-refractivity contribution in [3.05, 3.63) is 35.9 Å². The minimum atomic E-state index is -0.368. The lowest BCUT2D eigenvalue weighted by Crippen LogP contribution is -2.39. The van der Waals surface area contributed by atoms with Crippen LogP contribution in [0.2, 0.25) is 0 Å². The van der Waals surface area contributed by atoms with E-state index in [0.717, 1.165) is 31.2 Å². The maximum absolute atomic E-state index is 12.3. The first-order chi connectivity index (χ1) is 10.6. The number of rotatable bonds is 5. The van der Waals surface area contributed by atoms with Gasteiger partial charge in [-0.25, -0.2) is 4.79 Å². The third-order valence-corrected chi connectivity index (χ3v) is 4.82. The van der Waals surface area contributed by atoms with Crippen LogP contribution >= 0.6 is 0 Å². The molecule has 1 aromatic carbocycles. The van der Waals surface area contributed by atoms with E-state index in [1.165, 1.54) is 0 Å². The summed E-state index contributed by atoms with van der Waals surface area (Å²) in [6, 6.07) is 9.72. The van der Waals surface area contributed by atoms with Crippen LogP contribution in [0.1, 0.15) is 37.7 Å². The molecule has 1 aliphatic heterocycles. The van der Waals surface area contributed by atoms with Crippen molar-refractivity contribution in [3.8, 4) is 0 Å². The Morgan fingerprint density at radius 2 is 2.00 bits per heavy atom. The molecule has 2 amide bonds. The molecule has 2 aliphatic rings. The third kappa shape index (κ3) is 3.08. The number of benzene rings is 1. The number of primary amides is 1. The Labute approximate surface area is 130 Å². The quantitative estimate of drug-likeness (QED) is 0.908. The van der Waals surface area contributed by atoms with Gasteiger partial charge in [0.1, 0.15) is 6.61 Å². The van der Waals surface area contributed by atoms with Crippen LogP contribution in [-0.2, 0) is 16.1 Å². The Hall–Kier alpha value is -2.04. The number of carbonyl (C=O) groups excluding carboxylic acids is 2. The molecular formula is C17H22N2O3. The molecule has 0 aromatic heterocycles. The molecule has 1 aliphatic carbocycles. The van der Waals surface area contributed by atoms with Crippen LogP contribution in [0.3, 0.4) is 0 Å². The van der Waals surface area contributed by atoms with Crippen molar-refractivity contribution in [1.29, 1.82) is 0 Å². The van der Waals surface area contributed by atoms with Gasteiger partial charge < -0.3 is 15.4 Å². The number of nitrogens with two attached hydrogens (primary N) is 1. The van der Waals surface area contributed by atoms with Gasteiger partial charge >= 0.3 is 6.09 Å². The number of carbonyl (C=O) groups is 2. The highest BCUT2D eigenvalue weighted by atomic mass is 16.6. The summed E-state index contributed by atoms with van der Waals surface area (Å²) in [4.78, 5) is 25.6. The van der Waals surface area contributed by atoms with Crippen molar-refractivity contribution in [2.45, 2.75) is 44.8 Å². The second-order valence-electron chi connectivity index (χ2n) is 6.38. The Morgan fingerprint density at radius 1 is 1.27 bits per heavy atom. The van der Waals surface area contributed by atoms with Crippen LogP contribution < -0.4 is 5.73 Å². The van der Waals surface area contributed by atoms with Gasteiger partial charge in [-0.2, -0.15) is 0 Å². The van der Waals surface area contributed by atoms with Crippen LogP contribution in [0.25, 0.3) is 0 Å². The second-order valence-corrected chi connectivity index (χ2v) is 6.38. The van der Waals surface area contributed by atoms with Gasteiger partial charge in [-0.1, -0.05) is 30.3 Å².